The van der Waals surface area contributed by atoms with E-state index in [1.165, 1.54) is 37.3 Å². The normalized spacial score (nSPS) is 10.4. The summed E-state index contributed by atoms with van der Waals surface area (Å²) in [4.78, 5) is 39.0. The lowest BCUT2D eigenvalue weighted by atomic mass is 10.2. The van der Waals surface area contributed by atoms with E-state index >= 15 is 0 Å². The summed E-state index contributed by atoms with van der Waals surface area (Å²) in [5.41, 5.74) is 1.35. The topological polar surface area (TPSA) is 97.4 Å². The predicted molar refractivity (Wildman–Crippen MR) is 99.2 cm³/mol. The number of ether oxygens (including phenoxy) is 1. The maximum Gasteiger partial charge on any atom is 0.338 e. The summed E-state index contributed by atoms with van der Waals surface area (Å²) >= 11 is 1.12. The quantitative estimate of drug-likeness (QED) is 0.656. The van der Waals surface area contributed by atoms with Crippen molar-refractivity contribution in [2.45, 2.75) is 6.92 Å². The first kappa shape index (κ1) is 18.5. The molecular formula is C18H14FN3O4S. The van der Waals surface area contributed by atoms with Gasteiger partial charge >= 0.3 is 5.97 Å². The van der Waals surface area contributed by atoms with Crippen LogP contribution in [0.1, 0.15) is 17.3 Å². The molecule has 0 aliphatic heterocycles. The number of fused-ring (bicyclic) bond motifs is 1. The van der Waals surface area contributed by atoms with Crippen molar-refractivity contribution in [1.29, 1.82) is 0 Å². The molecule has 0 saturated carbocycles. The summed E-state index contributed by atoms with van der Waals surface area (Å²) in [5.74, 6) is -1.84. The third-order valence-electron chi connectivity index (χ3n) is 3.37. The van der Waals surface area contributed by atoms with Crippen LogP contribution in [0.4, 0.5) is 15.2 Å². The predicted octanol–water partition coefficient (Wildman–Crippen LogP) is 3.19. The molecule has 0 unspecified atom stereocenters. The monoisotopic (exact) mass is 387 g/mol. The van der Waals surface area contributed by atoms with Crippen LogP contribution in [0, 0.1) is 5.82 Å². The largest absolute Gasteiger partial charge is 0.452 e. The van der Waals surface area contributed by atoms with Crippen LogP contribution in [-0.2, 0) is 14.3 Å². The highest BCUT2D eigenvalue weighted by Crippen LogP contribution is 2.26. The minimum absolute atomic E-state index is 0.223. The third-order valence-corrected chi connectivity index (χ3v) is 4.31. The molecule has 1 aromatic heterocycles. The van der Waals surface area contributed by atoms with Crippen molar-refractivity contribution in [3.05, 3.63) is 53.8 Å². The molecule has 138 valence electrons. The summed E-state index contributed by atoms with van der Waals surface area (Å²) in [6.07, 6.45) is 0. The lowest BCUT2D eigenvalue weighted by Crippen LogP contribution is -2.20. The van der Waals surface area contributed by atoms with Crippen molar-refractivity contribution in [3.63, 3.8) is 0 Å². The average Bonchev–Trinajstić information content (AvgIpc) is 3.01. The van der Waals surface area contributed by atoms with Crippen LogP contribution in [0.15, 0.2) is 42.5 Å². The van der Waals surface area contributed by atoms with Crippen LogP contribution < -0.4 is 10.6 Å². The van der Waals surface area contributed by atoms with Crippen LogP contribution in [-0.4, -0.2) is 29.4 Å². The number of carbonyl (C=O) groups excluding carboxylic acids is 3. The number of halogens is 1. The van der Waals surface area contributed by atoms with Gasteiger partial charge in [0.1, 0.15) is 5.82 Å². The average molecular weight is 387 g/mol. The molecule has 0 aliphatic rings. The number of anilines is 2. The molecule has 0 saturated heterocycles. The highest BCUT2D eigenvalue weighted by molar-refractivity contribution is 7.22. The van der Waals surface area contributed by atoms with Crippen LogP contribution in [0.5, 0.6) is 0 Å². The van der Waals surface area contributed by atoms with E-state index in [0.29, 0.717) is 15.9 Å². The number of nitrogens with zero attached hydrogens (tertiary/aromatic N) is 1. The molecule has 7 nitrogen and oxygen atoms in total. The van der Waals surface area contributed by atoms with Gasteiger partial charge in [0, 0.05) is 12.6 Å². The standard InChI is InChI=1S/C18H14FN3O4S/c1-10(23)20-13-5-2-11(3-6-13)17(25)26-9-16(24)22-18-21-14-7-4-12(19)8-15(14)27-18/h2-8H,9H2,1H3,(H,20,23)(H,21,22,24). The molecule has 2 aromatic carbocycles. The minimum atomic E-state index is -0.675. The molecule has 2 N–H and O–H groups in total. The summed E-state index contributed by atoms with van der Waals surface area (Å²) in [6, 6.07) is 10.2. The first-order valence-electron chi connectivity index (χ1n) is 7.81. The van der Waals surface area contributed by atoms with Crippen LogP contribution in [0.25, 0.3) is 10.2 Å². The van der Waals surface area contributed by atoms with Crippen molar-refractivity contribution < 1.29 is 23.5 Å². The SMILES string of the molecule is CC(=O)Nc1ccc(C(=O)OCC(=O)Nc2nc3ccc(F)cc3s2)cc1. The zero-order valence-corrected chi connectivity index (χ0v) is 14.9. The molecule has 0 atom stereocenters. The Balaban J connectivity index is 1.54. The zero-order chi connectivity index (χ0) is 19.4. The van der Waals surface area contributed by atoms with Crippen molar-refractivity contribution in [3.8, 4) is 0 Å². The van der Waals surface area contributed by atoms with Gasteiger partial charge in [0.15, 0.2) is 11.7 Å². The molecule has 3 aromatic rings. The van der Waals surface area contributed by atoms with E-state index in [0.717, 1.165) is 11.3 Å². The maximum absolute atomic E-state index is 13.2. The summed E-state index contributed by atoms with van der Waals surface area (Å²) < 4.78 is 18.7. The van der Waals surface area contributed by atoms with E-state index in [1.807, 2.05) is 0 Å². The zero-order valence-electron chi connectivity index (χ0n) is 14.1. The van der Waals surface area contributed by atoms with Gasteiger partial charge in [-0.25, -0.2) is 14.2 Å². The van der Waals surface area contributed by atoms with Gasteiger partial charge in [-0.3, -0.25) is 14.9 Å². The molecule has 0 aliphatic carbocycles. The molecule has 0 fully saturated rings. The third kappa shape index (κ3) is 4.85. The van der Waals surface area contributed by atoms with Crippen molar-refractivity contribution in [1.82, 2.24) is 4.98 Å². The second-order valence-corrected chi connectivity index (χ2v) is 6.54. The van der Waals surface area contributed by atoms with E-state index in [-0.39, 0.29) is 22.4 Å². The summed E-state index contributed by atoms with van der Waals surface area (Å²) in [6.45, 7) is 0.888. The highest BCUT2D eigenvalue weighted by Gasteiger charge is 2.12. The number of aromatic nitrogens is 1. The van der Waals surface area contributed by atoms with Crippen LogP contribution in [0.3, 0.4) is 0 Å². The van der Waals surface area contributed by atoms with Crippen molar-refractivity contribution in [2.75, 3.05) is 17.2 Å². The van der Waals surface area contributed by atoms with Crippen molar-refractivity contribution >= 4 is 50.2 Å². The maximum atomic E-state index is 13.2. The Morgan fingerprint density at radius 2 is 1.85 bits per heavy atom. The van der Waals surface area contributed by atoms with Gasteiger partial charge in [0.2, 0.25) is 5.91 Å². The Morgan fingerprint density at radius 1 is 1.11 bits per heavy atom. The number of rotatable bonds is 5. The van der Waals surface area contributed by atoms with E-state index < -0.39 is 18.5 Å². The fourth-order valence-electron chi connectivity index (χ4n) is 2.21. The molecule has 27 heavy (non-hydrogen) atoms. The Hall–Kier alpha value is -3.33. The van der Waals surface area contributed by atoms with Gasteiger partial charge in [-0.05, 0) is 42.5 Å². The van der Waals surface area contributed by atoms with E-state index in [4.69, 9.17) is 4.74 Å². The molecule has 2 amide bonds. The van der Waals surface area contributed by atoms with E-state index in [2.05, 4.69) is 15.6 Å². The Morgan fingerprint density at radius 3 is 2.56 bits per heavy atom. The molecule has 0 radical (unpaired) electrons. The second kappa shape index (κ2) is 7.92. The molecule has 3 rings (SSSR count). The molecule has 0 spiro atoms. The minimum Gasteiger partial charge on any atom is -0.452 e. The number of thiazole rings is 1. The van der Waals surface area contributed by atoms with Crippen LogP contribution >= 0.6 is 11.3 Å². The molecule has 0 bridgehead atoms. The summed E-state index contributed by atoms with van der Waals surface area (Å²) in [5, 5.41) is 5.38. The number of esters is 1. The highest BCUT2D eigenvalue weighted by atomic mass is 32.1. The first-order chi connectivity index (χ1) is 12.9. The fraction of sp³-hybridized carbons (Fsp3) is 0.111. The van der Waals surface area contributed by atoms with Gasteiger partial charge in [-0.15, -0.1) is 0 Å². The lowest BCUT2D eigenvalue weighted by molar-refractivity contribution is -0.119. The van der Waals surface area contributed by atoms with Gasteiger partial charge in [0.25, 0.3) is 5.91 Å². The number of hydrogen-bond acceptors (Lipinski definition) is 6. The van der Waals surface area contributed by atoms with Crippen LogP contribution in [0.2, 0.25) is 0 Å². The van der Waals surface area contributed by atoms with Gasteiger partial charge < -0.3 is 10.1 Å². The van der Waals surface area contributed by atoms with Gasteiger partial charge in [0.05, 0.1) is 15.8 Å². The number of carbonyl (C=O) groups is 3. The summed E-state index contributed by atoms with van der Waals surface area (Å²) in [7, 11) is 0. The Labute approximate surface area is 157 Å². The molecular weight excluding hydrogens is 373 g/mol. The number of amides is 2. The Kier molecular flexibility index (Phi) is 5.41. The molecule has 9 heteroatoms. The fourth-order valence-corrected chi connectivity index (χ4v) is 3.12. The number of hydrogen-bond donors (Lipinski definition) is 2. The number of benzene rings is 2. The van der Waals surface area contributed by atoms with E-state index in [1.54, 1.807) is 12.1 Å². The Bertz CT molecular complexity index is 1020. The second-order valence-electron chi connectivity index (χ2n) is 5.51. The van der Waals surface area contributed by atoms with E-state index in [9.17, 15) is 18.8 Å². The molecule has 1 heterocycles. The first-order valence-corrected chi connectivity index (χ1v) is 8.63. The smallest absolute Gasteiger partial charge is 0.338 e. The van der Waals surface area contributed by atoms with Crippen molar-refractivity contribution in [2.24, 2.45) is 0 Å². The lowest BCUT2D eigenvalue weighted by Gasteiger charge is -2.06. The number of nitrogens with one attached hydrogen (secondary N) is 2. The van der Waals surface area contributed by atoms with Gasteiger partial charge in [-0.1, -0.05) is 11.3 Å². The van der Waals surface area contributed by atoms with Gasteiger partial charge in [-0.2, -0.15) is 0 Å².